The molecule has 72 valence electrons. The Kier molecular flexibility index (Phi) is 2.36. The van der Waals surface area contributed by atoms with Crippen molar-refractivity contribution in [2.45, 2.75) is 25.8 Å². The molecule has 1 saturated carbocycles. The number of rotatable bonds is 3. The van der Waals surface area contributed by atoms with Gasteiger partial charge in [-0.15, -0.1) is 0 Å². The van der Waals surface area contributed by atoms with Gasteiger partial charge in [0, 0.05) is 12.2 Å². The van der Waals surface area contributed by atoms with Gasteiger partial charge in [0.15, 0.2) is 0 Å². The van der Waals surface area contributed by atoms with Gasteiger partial charge in [-0.25, -0.2) is 4.98 Å². The van der Waals surface area contributed by atoms with Gasteiger partial charge in [0.2, 0.25) is 0 Å². The average molecular weight is 187 g/mol. The molecule has 1 aromatic rings. The van der Waals surface area contributed by atoms with Crippen molar-refractivity contribution in [1.82, 2.24) is 4.98 Å². The first kappa shape index (κ1) is 9.01. The minimum Gasteiger partial charge on any atom is -0.366 e. The predicted molar refractivity (Wildman–Crippen MR) is 54.8 cm³/mol. The summed E-state index contributed by atoms with van der Waals surface area (Å²) in [4.78, 5) is 4.16. The van der Waals surface area contributed by atoms with E-state index in [1.807, 2.05) is 0 Å². The maximum absolute atomic E-state index is 8.84. The highest BCUT2D eigenvalue weighted by molar-refractivity contribution is 5.52. The molecule has 0 saturated heterocycles. The standard InChI is InChI=1S/C11H13N3/c1-2-8-6-10(8)14-11-9(7-12)4-3-5-13-11/h3-5,8,10H,2,6H2,1H3,(H,13,14). The van der Waals surface area contributed by atoms with Crippen molar-refractivity contribution in [2.75, 3.05) is 5.32 Å². The molecule has 1 aromatic heterocycles. The number of anilines is 1. The van der Waals surface area contributed by atoms with E-state index in [4.69, 9.17) is 5.26 Å². The summed E-state index contributed by atoms with van der Waals surface area (Å²) in [5, 5.41) is 12.1. The lowest BCUT2D eigenvalue weighted by Crippen LogP contribution is -2.07. The number of nitriles is 1. The van der Waals surface area contributed by atoms with Crippen LogP contribution in [0.15, 0.2) is 18.3 Å². The van der Waals surface area contributed by atoms with Gasteiger partial charge in [0.1, 0.15) is 11.9 Å². The molecule has 2 rings (SSSR count). The van der Waals surface area contributed by atoms with Crippen molar-refractivity contribution in [3.63, 3.8) is 0 Å². The van der Waals surface area contributed by atoms with E-state index in [2.05, 4.69) is 23.3 Å². The van der Waals surface area contributed by atoms with E-state index in [0.717, 1.165) is 11.7 Å². The van der Waals surface area contributed by atoms with Crippen molar-refractivity contribution in [1.29, 1.82) is 5.26 Å². The van der Waals surface area contributed by atoms with Crippen LogP contribution in [-0.4, -0.2) is 11.0 Å². The molecule has 0 aliphatic heterocycles. The highest BCUT2D eigenvalue weighted by Crippen LogP contribution is 2.36. The second-order valence-corrected chi connectivity index (χ2v) is 3.67. The van der Waals surface area contributed by atoms with Crippen molar-refractivity contribution in [3.05, 3.63) is 23.9 Å². The van der Waals surface area contributed by atoms with Crippen LogP contribution in [-0.2, 0) is 0 Å². The molecule has 1 N–H and O–H groups in total. The molecule has 3 heteroatoms. The second kappa shape index (κ2) is 3.67. The zero-order chi connectivity index (χ0) is 9.97. The molecule has 1 fully saturated rings. The first-order chi connectivity index (χ1) is 6.85. The second-order valence-electron chi connectivity index (χ2n) is 3.67. The van der Waals surface area contributed by atoms with E-state index in [9.17, 15) is 0 Å². The summed E-state index contributed by atoms with van der Waals surface area (Å²) in [5.41, 5.74) is 0.634. The van der Waals surface area contributed by atoms with Crippen molar-refractivity contribution < 1.29 is 0 Å². The van der Waals surface area contributed by atoms with E-state index in [0.29, 0.717) is 11.6 Å². The zero-order valence-corrected chi connectivity index (χ0v) is 8.20. The number of nitrogens with one attached hydrogen (secondary N) is 1. The number of pyridine rings is 1. The van der Waals surface area contributed by atoms with Crippen LogP contribution in [0, 0.1) is 17.2 Å². The van der Waals surface area contributed by atoms with Gasteiger partial charge in [0.05, 0.1) is 5.56 Å². The molecule has 1 aliphatic carbocycles. The summed E-state index contributed by atoms with van der Waals surface area (Å²) in [5.74, 6) is 1.50. The maximum atomic E-state index is 8.84. The van der Waals surface area contributed by atoms with Crippen LogP contribution in [0.5, 0.6) is 0 Å². The molecular formula is C11H13N3. The third-order valence-electron chi connectivity index (χ3n) is 2.70. The fourth-order valence-electron chi connectivity index (χ4n) is 1.66. The van der Waals surface area contributed by atoms with Gasteiger partial charge >= 0.3 is 0 Å². The van der Waals surface area contributed by atoms with Gasteiger partial charge < -0.3 is 5.32 Å². The Balaban J connectivity index is 2.07. The van der Waals surface area contributed by atoms with Crippen LogP contribution in [0.25, 0.3) is 0 Å². The Morgan fingerprint density at radius 3 is 3.21 bits per heavy atom. The lowest BCUT2D eigenvalue weighted by atomic mass is 10.2. The van der Waals surface area contributed by atoms with Crippen LogP contribution < -0.4 is 5.32 Å². The fourth-order valence-corrected chi connectivity index (χ4v) is 1.66. The summed E-state index contributed by atoms with van der Waals surface area (Å²) < 4.78 is 0. The summed E-state index contributed by atoms with van der Waals surface area (Å²) in [7, 11) is 0. The minimum atomic E-state index is 0.530. The van der Waals surface area contributed by atoms with Crippen molar-refractivity contribution in [2.24, 2.45) is 5.92 Å². The van der Waals surface area contributed by atoms with E-state index < -0.39 is 0 Å². The first-order valence-electron chi connectivity index (χ1n) is 4.96. The SMILES string of the molecule is CCC1CC1Nc1ncccc1C#N. The molecule has 0 bridgehead atoms. The van der Waals surface area contributed by atoms with Gasteiger partial charge in [-0.05, 0) is 24.5 Å². The molecule has 0 radical (unpaired) electrons. The molecule has 2 atom stereocenters. The highest BCUT2D eigenvalue weighted by Gasteiger charge is 2.35. The number of hydrogen-bond donors (Lipinski definition) is 1. The third-order valence-corrected chi connectivity index (χ3v) is 2.70. The number of aromatic nitrogens is 1. The number of hydrogen-bond acceptors (Lipinski definition) is 3. The minimum absolute atomic E-state index is 0.530. The smallest absolute Gasteiger partial charge is 0.144 e. The third kappa shape index (κ3) is 1.69. The molecule has 1 aliphatic rings. The van der Waals surface area contributed by atoms with Crippen molar-refractivity contribution in [3.8, 4) is 6.07 Å². The van der Waals surface area contributed by atoms with Crippen LogP contribution >= 0.6 is 0 Å². The monoisotopic (exact) mass is 187 g/mol. The summed E-state index contributed by atoms with van der Waals surface area (Å²) >= 11 is 0. The Labute approximate surface area is 83.8 Å². The van der Waals surface area contributed by atoms with E-state index in [-0.39, 0.29) is 0 Å². The van der Waals surface area contributed by atoms with Gasteiger partial charge in [0.25, 0.3) is 0 Å². The van der Waals surface area contributed by atoms with Gasteiger partial charge in [-0.3, -0.25) is 0 Å². The van der Waals surface area contributed by atoms with Crippen LogP contribution in [0.3, 0.4) is 0 Å². The first-order valence-corrected chi connectivity index (χ1v) is 4.96. The summed E-state index contributed by atoms with van der Waals surface area (Å²) in [6, 6.07) is 6.24. The Morgan fingerprint density at radius 2 is 2.57 bits per heavy atom. The quantitative estimate of drug-likeness (QED) is 0.788. The zero-order valence-electron chi connectivity index (χ0n) is 8.20. The highest BCUT2D eigenvalue weighted by atomic mass is 15.0. The van der Waals surface area contributed by atoms with Crippen LogP contribution in [0.2, 0.25) is 0 Å². The topological polar surface area (TPSA) is 48.7 Å². The lowest BCUT2D eigenvalue weighted by molar-refractivity contribution is 0.773. The van der Waals surface area contributed by atoms with Crippen molar-refractivity contribution >= 4 is 5.82 Å². The van der Waals surface area contributed by atoms with E-state index >= 15 is 0 Å². The maximum Gasteiger partial charge on any atom is 0.144 e. The molecule has 0 spiro atoms. The predicted octanol–water partition coefficient (Wildman–Crippen LogP) is 2.16. The summed E-state index contributed by atoms with van der Waals surface area (Å²) in [6.45, 7) is 2.19. The van der Waals surface area contributed by atoms with Gasteiger partial charge in [-0.1, -0.05) is 13.3 Å². The van der Waals surface area contributed by atoms with E-state index in [1.54, 1.807) is 18.3 Å². The molecule has 3 nitrogen and oxygen atoms in total. The average Bonchev–Trinajstić information content (AvgIpc) is 2.97. The fraction of sp³-hybridized carbons (Fsp3) is 0.455. The molecule has 0 aromatic carbocycles. The van der Waals surface area contributed by atoms with Crippen LogP contribution in [0.4, 0.5) is 5.82 Å². The normalized spacial score (nSPS) is 24.0. The van der Waals surface area contributed by atoms with Crippen LogP contribution in [0.1, 0.15) is 25.3 Å². The Bertz CT molecular complexity index is 367. The van der Waals surface area contributed by atoms with E-state index in [1.165, 1.54) is 12.8 Å². The molecule has 2 unspecified atom stereocenters. The lowest BCUT2D eigenvalue weighted by Gasteiger charge is -2.05. The summed E-state index contributed by atoms with van der Waals surface area (Å²) in [6.07, 6.45) is 4.12. The Morgan fingerprint density at radius 1 is 1.71 bits per heavy atom. The molecular weight excluding hydrogens is 174 g/mol. The Hall–Kier alpha value is -1.56. The van der Waals surface area contributed by atoms with Gasteiger partial charge in [-0.2, -0.15) is 5.26 Å². The number of nitrogens with zero attached hydrogens (tertiary/aromatic N) is 2. The molecule has 0 amide bonds. The largest absolute Gasteiger partial charge is 0.366 e. The molecule has 1 heterocycles. The molecule has 14 heavy (non-hydrogen) atoms.